The quantitative estimate of drug-likeness (QED) is 0.879. The summed E-state index contributed by atoms with van der Waals surface area (Å²) in [5.41, 5.74) is 1.77. The van der Waals surface area contributed by atoms with Crippen molar-refractivity contribution in [3.05, 3.63) is 50.4 Å². The van der Waals surface area contributed by atoms with Crippen molar-refractivity contribution in [1.82, 2.24) is 14.7 Å². The van der Waals surface area contributed by atoms with E-state index in [4.69, 9.17) is 23.2 Å². The van der Waals surface area contributed by atoms with Gasteiger partial charge in [0.1, 0.15) is 5.02 Å². The topological polar surface area (TPSA) is 50.2 Å². The van der Waals surface area contributed by atoms with Crippen molar-refractivity contribution in [3.63, 3.8) is 0 Å². The van der Waals surface area contributed by atoms with Crippen molar-refractivity contribution >= 4 is 28.9 Å². The Kier molecular flexibility index (Phi) is 5.67. The largest absolute Gasteiger partial charge is 0.382 e. The zero-order chi connectivity index (χ0) is 18.0. The van der Waals surface area contributed by atoms with E-state index in [1.807, 2.05) is 13.0 Å². The third-order valence-corrected chi connectivity index (χ3v) is 5.39. The van der Waals surface area contributed by atoms with Gasteiger partial charge in [0.05, 0.1) is 17.6 Å². The van der Waals surface area contributed by atoms with Crippen molar-refractivity contribution < 1.29 is 0 Å². The van der Waals surface area contributed by atoms with E-state index < -0.39 is 0 Å². The molecule has 2 aromatic rings. The van der Waals surface area contributed by atoms with Crippen molar-refractivity contribution in [3.8, 4) is 5.69 Å². The number of aryl methyl sites for hydroxylation is 1. The van der Waals surface area contributed by atoms with Gasteiger partial charge in [-0.3, -0.25) is 4.79 Å². The van der Waals surface area contributed by atoms with E-state index >= 15 is 0 Å². The molecule has 1 atom stereocenters. The summed E-state index contributed by atoms with van der Waals surface area (Å²) >= 11 is 12.4. The molecule has 0 aliphatic carbocycles. The lowest BCUT2D eigenvalue weighted by molar-refractivity contribution is 0.217. The fourth-order valence-corrected chi connectivity index (χ4v) is 3.52. The van der Waals surface area contributed by atoms with E-state index in [0.717, 1.165) is 25.2 Å². The fraction of sp³-hybridized carbons (Fsp3) is 0.444. The molecule has 3 rings (SSSR count). The first kappa shape index (κ1) is 18.2. The molecule has 7 heteroatoms. The van der Waals surface area contributed by atoms with Gasteiger partial charge in [-0.1, -0.05) is 29.3 Å². The van der Waals surface area contributed by atoms with Gasteiger partial charge in [0.25, 0.3) is 5.56 Å². The van der Waals surface area contributed by atoms with Crippen LogP contribution in [0.1, 0.15) is 18.4 Å². The standard InChI is InChI=1S/C18H22Cl2N4O/c1-12-5-6-14(8-15(12)19)24-18(25)17(20)16(10-22-24)21-9-13-4-3-7-23(2)11-13/h5-6,8,10,13,21H,3-4,7,9,11H2,1-2H3. The molecule has 2 heterocycles. The maximum atomic E-state index is 12.6. The van der Waals surface area contributed by atoms with E-state index in [9.17, 15) is 4.79 Å². The monoisotopic (exact) mass is 380 g/mol. The van der Waals surface area contributed by atoms with E-state index in [2.05, 4.69) is 22.4 Å². The summed E-state index contributed by atoms with van der Waals surface area (Å²) in [5, 5.41) is 8.27. The third-order valence-electron chi connectivity index (χ3n) is 4.62. The average molecular weight is 381 g/mol. The number of nitrogens with zero attached hydrogens (tertiary/aromatic N) is 3. The van der Waals surface area contributed by atoms with Gasteiger partial charge < -0.3 is 10.2 Å². The Morgan fingerprint density at radius 2 is 2.16 bits per heavy atom. The van der Waals surface area contributed by atoms with Crippen LogP contribution < -0.4 is 10.9 Å². The molecule has 0 spiro atoms. The van der Waals surface area contributed by atoms with E-state index in [1.54, 1.807) is 18.3 Å². The summed E-state index contributed by atoms with van der Waals surface area (Å²) < 4.78 is 1.27. The molecule has 0 bridgehead atoms. The van der Waals surface area contributed by atoms with Crippen molar-refractivity contribution in [2.75, 3.05) is 32.0 Å². The Hall–Kier alpha value is -1.56. The lowest BCUT2D eigenvalue weighted by atomic mass is 9.98. The van der Waals surface area contributed by atoms with Crippen LogP contribution in [0, 0.1) is 12.8 Å². The van der Waals surface area contributed by atoms with Gasteiger partial charge in [-0.15, -0.1) is 0 Å². The first-order valence-corrected chi connectivity index (χ1v) is 9.18. The number of anilines is 1. The summed E-state index contributed by atoms with van der Waals surface area (Å²) in [6, 6.07) is 5.37. The summed E-state index contributed by atoms with van der Waals surface area (Å²) in [4.78, 5) is 14.9. The minimum absolute atomic E-state index is 0.149. The number of hydrogen-bond donors (Lipinski definition) is 1. The van der Waals surface area contributed by atoms with Crippen LogP contribution in [0.2, 0.25) is 10.0 Å². The molecule has 1 N–H and O–H groups in total. The Morgan fingerprint density at radius 1 is 1.36 bits per heavy atom. The molecule has 0 radical (unpaired) electrons. The minimum atomic E-state index is -0.354. The summed E-state index contributed by atoms with van der Waals surface area (Å²) in [6.45, 7) is 4.89. The highest BCUT2D eigenvalue weighted by molar-refractivity contribution is 6.33. The second-order valence-corrected chi connectivity index (χ2v) is 7.46. The fourth-order valence-electron chi connectivity index (χ4n) is 3.15. The number of aromatic nitrogens is 2. The molecule has 0 amide bonds. The van der Waals surface area contributed by atoms with Crippen molar-refractivity contribution in [2.24, 2.45) is 5.92 Å². The van der Waals surface area contributed by atoms with Crippen LogP contribution in [0.25, 0.3) is 5.69 Å². The second kappa shape index (κ2) is 7.77. The number of benzene rings is 1. The van der Waals surface area contributed by atoms with Crippen molar-refractivity contribution in [2.45, 2.75) is 19.8 Å². The van der Waals surface area contributed by atoms with Crippen molar-refractivity contribution in [1.29, 1.82) is 0 Å². The Bertz CT molecular complexity index is 821. The number of piperidine rings is 1. The van der Waals surface area contributed by atoms with Crippen LogP contribution in [-0.4, -0.2) is 41.4 Å². The summed E-state index contributed by atoms with van der Waals surface area (Å²) in [7, 11) is 2.13. The molecule has 1 aromatic carbocycles. The first-order valence-electron chi connectivity index (χ1n) is 8.42. The van der Waals surface area contributed by atoms with Gasteiger partial charge in [-0.25, -0.2) is 0 Å². The summed E-state index contributed by atoms with van der Waals surface area (Å²) in [6.07, 6.45) is 3.98. The van der Waals surface area contributed by atoms with Crippen LogP contribution in [0.3, 0.4) is 0 Å². The lowest BCUT2D eigenvalue weighted by Crippen LogP contribution is -2.35. The zero-order valence-corrected chi connectivity index (χ0v) is 15.9. The maximum Gasteiger partial charge on any atom is 0.292 e. The van der Waals surface area contributed by atoms with Gasteiger partial charge in [0.2, 0.25) is 0 Å². The molecular formula is C18H22Cl2N4O. The van der Waals surface area contributed by atoms with Crippen LogP contribution in [-0.2, 0) is 0 Å². The number of halogens is 2. The van der Waals surface area contributed by atoms with E-state index in [0.29, 0.717) is 22.3 Å². The summed E-state index contributed by atoms with van der Waals surface area (Å²) in [5.74, 6) is 0.549. The maximum absolute atomic E-state index is 12.6. The second-order valence-electron chi connectivity index (χ2n) is 6.67. The van der Waals surface area contributed by atoms with Gasteiger partial charge in [0.15, 0.2) is 0 Å². The predicted octanol–water partition coefficient (Wildman–Crippen LogP) is 3.60. The molecule has 1 fully saturated rings. The molecule has 1 aliphatic heterocycles. The Labute approximate surface area is 157 Å². The Morgan fingerprint density at radius 3 is 2.88 bits per heavy atom. The molecular weight excluding hydrogens is 359 g/mol. The molecule has 25 heavy (non-hydrogen) atoms. The van der Waals surface area contributed by atoms with Gasteiger partial charge in [0, 0.05) is 18.1 Å². The van der Waals surface area contributed by atoms with Crippen LogP contribution in [0.5, 0.6) is 0 Å². The van der Waals surface area contributed by atoms with Gasteiger partial charge >= 0.3 is 0 Å². The highest BCUT2D eigenvalue weighted by Gasteiger charge is 2.18. The third kappa shape index (κ3) is 4.17. The highest BCUT2D eigenvalue weighted by Crippen LogP contribution is 2.22. The first-order chi connectivity index (χ1) is 12.0. The zero-order valence-electron chi connectivity index (χ0n) is 14.4. The van der Waals surface area contributed by atoms with E-state index in [-0.39, 0.29) is 10.6 Å². The molecule has 1 unspecified atom stereocenters. The molecule has 0 saturated carbocycles. The Balaban J connectivity index is 1.78. The number of hydrogen-bond acceptors (Lipinski definition) is 4. The smallest absolute Gasteiger partial charge is 0.292 e. The number of nitrogens with one attached hydrogen (secondary N) is 1. The average Bonchev–Trinajstić information content (AvgIpc) is 2.59. The number of likely N-dealkylation sites (tertiary alicyclic amines) is 1. The lowest BCUT2D eigenvalue weighted by Gasteiger charge is -2.30. The van der Waals surface area contributed by atoms with Gasteiger partial charge in [-0.2, -0.15) is 9.78 Å². The molecule has 1 aliphatic rings. The molecule has 134 valence electrons. The van der Waals surface area contributed by atoms with Crippen LogP contribution in [0.4, 0.5) is 5.69 Å². The van der Waals surface area contributed by atoms with E-state index in [1.165, 1.54) is 17.5 Å². The normalized spacial score (nSPS) is 18.3. The molecule has 1 saturated heterocycles. The van der Waals surface area contributed by atoms with Gasteiger partial charge in [-0.05, 0) is 57.0 Å². The number of rotatable bonds is 4. The SMILES string of the molecule is Cc1ccc(-n2ncc(NCC3CCCN(C)C3)c(Cl)c2=O)cc1Cl. The predicted molar refractivity (Wildman–Crippen MR) is 103 cm³/mol. The van der Waals surface area contributed by atoms with Crippen LogP contribution >= 0.6 is 23.2 Å². The molecule has 5 nitrogen and oxygen atoms in total. The molecule has 1 aromatic heterocycles. The van der Waals surface area contributed by atoms with Crippen LogP contribution in [0.15, 0.2) is 29.2 Å². The highest BCUT2D eigenvalue weighted by atomic mass is 35.5. The minimum Gasteiger partial charge on any atom is -0.382 e.